The molecule has 0 radical (unpaired) electrons. The van der Waals surface area contributed by atoms with Gasteiger partial charge in [-0.25, -0.2) is 0 Å². The molecule has 84 valence electrons. The van der Waals surface area contributed by atoms with Crippen molar-refractivity contribution >= 4 is 5.69 Å². The van der Waals surface area contributed by atoms with Gasteiger partial charge in [0.1, 0.15) is 0 Å². The summed E-state index contributed by atoms with van der Waals surface area (Å²) in [6.45, 7) is 5.41. The van der Waals surface area contributed by atoms with E-state index < -0.39 is 0 Å². The van der Waals surface area contributed by atoms with Crippen molar-refractivity contribution < 1.29 is 0 Å². The third-order valence-corrected chi connectivity index (χ3v) is 3.06. The van der Waals surface area contributed by atoms with Gasteiger partial charge in [-0.1, -0.05) is 0 Å². The van der Waals surface area contributed by atoms with E-state index >= 15 is 0 Å². The molecule has 1 aromatic rings. The molecule has 0 aliphatic carbocycles. The van der Waals surface area contributed by atoms with Crippen LogP contribution in [0.2, 0.25) is 0 Å². The van der Waals surface area contributed by atoms with E-state index in [4.69, 9.17) is 5.73 Å². The zero-order valence-corrected chi connectivity index (χ0v) is 9.48. The second-order valence-corrected chi connectivity index (χ2v) is 4.25. The highest BCUT2D eigenvalue weighted by Gasteiger charge is 2.16. The van der Waals surface area contributed by atoms with E-state index in [0.29, 0.717) is 0 Å². The molecular formula is C10H19N5. The number of nitrogens with two attached hydrogens (primary N) is 1. The van der Waals surface area contributed by atoms with Gasteiger partial charge in [-0.15, -0.1) is 0 Å². The van der Waals surface area contributed by atoms with Gasteiger partial charge in [-0.05, 0) is 7.05 Å². The average Bonchev–Trinajstić information content (AvgIpc) is 2.53. The van der Waals surface area contributed by atoms with Crippen LogP contribution >= 0.6 is 0 Å². The third-order valence-electron chi connectivity index (χ3n) is 3.06. The first kappa shape index (κ1) is 10.4. The summed E-state index contributed by atoms with van der Waals surface area (Å²) in [6.07, 6.45) is 1.73. The molecule has 5 nitrogen and oxygen atoms in total. The topological polar surface area (TPSA) is 50.3 Å². The van der Waals surface area contributed by atoms with Crippen LogP contribution < -0.4 is 5.73 Å². The van der Waals surface area contributed by atoms with Gasteiger partial charge < -0.3 is 10.6 Å². The lowest BCUT2D eigenvalue weighted by Gasteiger charge is -2.32. The summed E-state index contributed by atoms with van der Waals surface area (Å²) in [6, 6.07) is 0. The maximum atomic E-state index is 5.87. The summed E-state index contributed by atoms with van der Waals surface area (Å²) >= 11 is 0. The van der Waals surface area contributed by atoms with Crippen LogP contribution in [-0.4, -0.2) is 52.8 Å². The highest BCUT2D eigenvalue weighted by molar-refractivity contribution is 5.40. The molecule has 0 bridgehead atoms. The van der Waals surface area contributed by atoms with Crippen LogP contribution in [0, 0.1) is 0 Å². The first-order valence-corrected chi connectivity index (χ1v) is 5.34. The third kappa shape index (κ3) is 2.30. The highest BCUT2D eigenvalue weighted by Crippen LogP contribution is 2.13. The summed E-state index contributed by atoms with van der Waals surface area (Å²) in [5.74, 6) is 0. The SMILES string of the molecule is CN1CCN(Cc2c(N)cnn2C)CC1. The number of aryl methyl sites for hydroxylation is 1. The molecule has 1 aliphatic rings. The first-order chi connectivity index (χ1) is 7.16. The molecule has 0 amide bonds. The molecule has 1 saturated heterocycles. The van der Waals surface area contributed by atoms with Crippen LogP contribution in [0.25, 0.3) is 0 Å². The second kappa shape index (κ2) is 4.20. The smallest absolute Gasteiger partial charge is 0.0750 e. The molecule has 1 fully saturated rings. The Morgan fingerprint density at radius 3 is 2.47 bits per heavy atom. The number of anilines is 1. The van der Waals surface area contributed by atoms with Crippen molar-refractivity contribution in [2.45, 2.75) is 6.54 Å². The number of nitrogen functional groups attached to an aromatic ring is 1. The quantitative estimate of drug-likeness (QED) is 0.730. The molecule has 0 unspecified atom stereocenters. The van der Waals surface area contributed by atoms with E-state index in [1.54, 1.807) is 6.20 Å². The Bertz CT molecular complexity index is 305. The second-order valence-electron chi connectivity index (χ2n) is 4.25. The minimum atomic E-state index is 0.802. The Morgan fingerprint density at radius 2 is 1.93 bits per heavy atom. The number of hydrogen-bond donors (Lipinski definition) is 1. The summed E-state index contributed by atoms with van der Waals surface area (Å²) in [4.78, 5) is 4.77. The van der Waals surface area contributed by atoms with Gasteiger partial charge >= 0.3 is 0 Å². The van der Waals surface area contributed by atoms with Gasteiger partial charge in [0.2, 0.25) is 0 Å². The lowest BCUT2D eigenvalue weighted by atomic mass is 10.3. The molecule has 0 atom stereocenters. The average molecular weight is 209 g/mol. The van der Waals surface area contributed by atoms with Crippen molar-refractivity contribution in [2.75, 3.05) is 39.0 Å². The Morgan fingerprint density at radius 1 is 1.27 bits per heavy atom. The van der Waals surface area contributed by atoms with E-state index in [0.717, 1.165) is 44.1 Å². The van der Waals surface area contributed by atoms with Gasteiger partial charge in [0, 0.05) is 39.8 Å². The summed E-state index contributed by atoms with van der Waals surface area (Å²) in [5, 5.41) is 4.15. The molecule has 0 spiro atoms. The van der Waals surface area contributed by atoms with E-state index in [2.05, 4.69) is 21.9 Å². The minimum Gasteiger partial charge on any atom is -0.396 e. The van der Waals surface area contributed by atoms with Gasteiger partial charge in [-0.2, -0.15) is 5.10 Å². The highest BCUT2D eigenvalue weighted by atomic mass is 15.3. The lowest BCUT2D eigenvalue weighted by molar-refractivity contribution is 0.145. The van der Waals surface area contributed by atoms with E-state index in [1.165, 1.54) is 0 Å². The molecule has 15 heavy (non-hydrogen) atoms. The van der Waals surface area contributed by atoms with Crippen molar-refractivity contribution in [3.05, 3.63) is 11.9 Å². The largest absolute Gasteiger partial charge is 0.396 e. The molecule has 5 heteroatoms. The molecule has 2 N–H and O–H groups in total. The number of nitrogens with zero attached hydrogens (tertiary/aromatic N) is 4. The Hall–Kier alpha value is -1.07. The van der Waals surface area contributed by atoms with Crippen molar-refractivity contribution in [1.29, 1.82) is 0 Å². The van der Waals surface area contributed by atoms with Crippen molar-refractivity contribution in [1.82, 2.24) is 19.6 Å². The number of rotatable bonds is 2. The van der Waals surface area contributed by atoms with Gasteiger partial charge in [-0.3, -0.25) is 9.58 Å². The summed E-state index contributed by atoms with van der Waals surface area (Å²) in [7, 11) is 4.11. The predicted octanol–water partition coefficient (Wildman–Crippen LogP) is -0.250. The Labute approximate surface area is 90.4 Å². The molecule has 1 aromatic heterocycles. The molecular weight excluding hydrogens is 190 g/mol. The Balaban J connectivity index is 1.97. The van der Waals surface area contributed by atoms with Crippen molar-refractivity contribution in [3.63, 3.8) is 0 Å². The van der Waals surface area contributed by atoms with Crippen LogP contribution in [0.1, 0.15) is 5.69 Å². The fourth-order valence-electron chi connectivity index (χ4n) is 1.89. The van der Waals surface area contributed by atoms with Crippen LogP contribution in [0.15, 0.2) is 6.20 Å². The van der Waals surface area contributed by atoms with Crippen molar-refractivity contribution in [2.24, 2.45) is 7.05 Å². The van der Waals surface area contributed by atoms with Crippen LogP contribution in [-0.2, 0) is 13.6 Å². The predicted molar refractivity (Wildman–Crippen MR) is 60.4 cm³/mol. The summed E-state index contributed by atoms with van der Waals surface area (Å²) < 4.78 is 1.87. The standard InChI is InChI=1S/C10H19N5/c1-13-3-5-15(6-4-13)8-10-9(11)7-12-14(10)2/h7H,3-6,8,11H2,1-2H3. The van der Waals surface area contributed by atoms with E-state index in [-0.39, 0.29) is 0 Å². The van der Waals surface area contributed by atoms with Gasteiger partial charge in [0.25, 0.3) is 0 Å². The molecule has 2 heterocycles. The Kier molecular flexibility index (Phi) is 2.93. The number of aromatic nitrogens is 2. The van der Waals surface area contributed by atoms with Crippen molar-refractivity contribution in [3.8, 4) is 0 Å². The van der Waals surface area contributed by atoms with Gasteiger partial charge in [0.05, 0.1) is 17.6 Å². The molecule has 2 rings (SSSR count). The summed E-state index contributed by atoms with van der Waals surface area (Å²) in [5.41, 5.74) is 7.79. The van der Waals surface area contributed by atoms with E-state index in [9.17, 15) is 0 Å². The van der Waals surface area contributed by atoms with E-state index in [1.807, 2.05) is 11.7 Å². The zero-order valence-electron chi connectivity index (χ0n) is 9.48. The van der Waals surface area contributed by atoms with Crippen LogP contribution in [0.4, 0.5) is 5.69 Å². The fraction of sp³-hybridized carbons (Fsp3) is 0.700. The molecule has 0 saturated carbocycles. The van der Waals surface area contributed by atoms with Crippen LogP contribution in [0.3, 0.4) is 0 Å². The number of hydrogen-bond acceptors (Lipinski definition) is 4. The monoisotopic (exact) mass is 209 g/mol. The fourth-order valence-corrected chi connectivity index (χ4v) is 1.89. The van der Waals surface area contributed by atoms with Crippen LogP contribution in [0.5, 0.6) is 0 Å². The minimum absolute atomic E-state index is 0.802. The maximum absolute atomic E-state index is 5.87. The lowest BCUT2D eigenvalue weighted by Crippen LogP contribution is -2.44. The maximum Gasteiger partial charge on any atom is 0.0750 e. The number of likely N-dealkylation sites (N-methyl/N-ethyl adjacent to an activating group) is 1. The molecule has 0 aromatic carbocycles. The first-order valence-electron chi connectivity index (χ1n) is 5.34. The molecule has 1 aliphatic heterocycles. The zero-order chi connectivity index (χ0) is 10.8. The number of piperazine rings is 1. The normalized spacial score (nSPS) is 19.6. The van der Waals surface area contributed by atoms with Gasteiger partial charge in [0.15, 0.2) is 0 Å².